The lowest BCUT2D eigenvalue weighted by atomic mass is 9.97. The second-order valence-corrected chi connectivity index (χ2v) is 4.61. The molecule has 98 valence electrons. The van der Waals surface area contributed by atoms with Gasteiger partial charge in [-0.1, -0.05) is 6.92 Å². The van der Waals surface area contributed by atoms with Crippen LogP contribution in [0, 0.1) is 11.8 Å². The molecule has 18 heavy (non-hydrogen) atoms. The first-order chi connectivity index (χ1) is 8.61. The molecule has 0 bridgehead atoms. The topological polar surface area (TPSA) is 70.6 Å². The van der Waals surface area contributed by atoms with E-state index in [0.29, 0.717) is 23.9 Å². The Morgan fingerprint density at radius 1 is 1.50 bits per heavy atom. The van der Waals surface area contributed by atoms with Gasteiger partial charge in [-0.05, 0) is 24.6 Å². The molecule has 3 N–H and O–H groups in total. The second kappa shape index (κ2) is 5.27. The van der Waals surface area contributed by atoms with Gasteiger partial charge in [0, 0.05) is 12.6 Å². The van der Waals surface area contributed by atoms with E-state index >= 15 is 0 Å². The van der Waals surface area contributed by atoms with Crippen molar-refractivity contribution in [2.75, 3.05) is 25.5 Å². The van der Waals surface area contributed by atoms with Crippen LogP contribution in [0.2, 0.25) is 0 Å². The molecule has 0 unspecified atom stereocenters. The van der Waals surface area contributed by atoms with E-state index in [0.717, 1.165) is 6.54 Å². The van der Waals surface area contributed by atoms with Crippen LogP contribution in [0.25, 0.3) is 0 Å². The van der Waals surface area contributed by atoms with Gasteiger partial charge in [-0.15, -0.1) is 0 Å². The number of hydrogen-bond acceptors (Lipinski definition) is 4. The number of benzene rings is 1. The van der Waals surface area contributed by atoms with Gasteiger partial charge in [0.1, 0.15) is 11.5 Å². The number of nitrogens with one attached hydrogen (secondary N) is 2. The zero-order chi connectivity index (χ0) is 13.1. The van der Waals surface area contributed by atoms with Gasteiger partial charge >= 0.3 is 0 Å². The van der Waals surface area contributed by atoms with Gasteiger partial charge in [-0.2, -0.15) is 0 Å². The largest absolute Gasteiger partial charge is 0.506 e. The summed E-state index contributed by atoms with van der Waals surface area (Å²) in [7, 11) is 1.53. The van der Waals surface area contributed by atoms with Gasteiger partial charge in [0.15, 0.2) is 0 Å². The lowest BCUT2D eigenvalue weighted by molar-refractivity contribution is -0.120. The number of ether oxygens (including phenoxy) is 1. The fourth-order valence-corrected chi connectivity index (χ4v) is 2.13. The van der Waals surface area contributed by atoms with E-state index < -0.39 is 0 Å². The maximum atomic E-state index is 12.0. The standard InChI is InChI=1S/C13H18N2O3/c1-8-6-14-7-10(8)13(17)15-11-4-3-9(18-2)5-12(11)16/h3-5,8,10,14,16H,6-7H2,1-2H3,(H,15,17)/t8-,10-/m1/s1. The number of carbonyl (C=O) groups excluding carboxylic acids is 1. The van der Waals surface area contributed by atoms with Gasteiger partial charge in [-0.25, -0.2) is 0 Å². The summed E-state index contributed by atoms with van der Waals surface area (Å²) >= 11 is 0. The molecule has 1 saturated heterocycles. The van der Waals surface area contributed by atoms with Crippen LogP contribution >= 0.6 is 0 Å². The number of methoxy groups -OCH3 is 1. The highest BCUT2D eigenvalue weighted by Crippen LogP contribution is 2.29. The Kier molecular flexibility index (Phi) is 3.72. The number of phenolic OH excluding ortho intramolecular Hbond substituents is 1. The third-order valence-electron chi connectivity index (χ3n) is 3.32. The van der Waals surface area contributed by atoms with E-state index in [-0.39, 0.29) is 17.6 Å². The average molecular weight is 250 g/mol. The van der Waals surface area contributed by atoms with Crippen molar-refractivity contribution >= 4 is 11.6 Å². The predicted octanol–water partition coefficient (Wildman–Crippen LogP) is 1.19. The van der Waals surface area contributed by atoms with Crippen molar-refractivity contribution in [3.05, 3.63) is 18.2 Å². The molecule has 1 amide bonds. The van der Waals surface area contributed by atoms with Crippen molar-refractivity contribution in [3.63, 3.8) is 0 Å². The highest BCUT2D eigenvalue weighted by Gasteiger charge is 2.29. The molecule has 0 saturated carbocycles. The van der Waals surface area contributed by atoms with E-state index in [1.165, 1.54) is 13.2 Å². The van der Waals surface area contributed by atoms with Crippen molar-refractivity contribution in [1.29, 1.82) is 0 Å². The van der Waals surface area contributed by atoms with Gasteiger partial charge in [0.05, 0.1) is 18.7 Å². The summed E-state index contributed by atoms with van der Waals surface area (Å²) in [5.74, 6) is 0.771. The Labute approximate surface area is 106 Å². The number of anilines is 1. The molecule has 0 radical (unpaired) electrons. The number of hydrogen-bond donors (Lipinski definition) is 3. The van der Waals surface area contributed by atoms with Crippen LogP contribution in [0.15, 0.2) is 18.2 Å². The summed E-state index contributed by atoms with van der Waals surface area (Å²) < 4.78 is 4.99. The van der Waals surface area contributed by atoms with Crippen LogP contribution < -0.4 is 15.4 Å². The molecule has 5 heteroatoms. The Morgan fingerprint density at radius 2 is 2.28 bits per heavy atom. The Balaban J connectivity index is 2.07. The molecule has 2 rings (SSSR count). The highest BCUT2D eigenvalue weighted by molar-refractivity contribution is 5.94. The van der Waals surface area contributed by atoms with Gasteiger partial charge in [-0.3, -0.25) is 4.79 Å². The van der Waals surface area contributed by atoms with Crippen LogP contribution in [-0.2, 0) is 4.79 Å². The highest BCUT2D eigenvalue weighted by atomic mass is 16.5. The van der Waals surface area contributed by atoms with Gasteiger partial charge in [0.25, 0.3) is 0 Å². The maximum Gasteiger partial charge on any atom is 0.229 e. The molecule has 5 nitrogen and oxygen atoms in total. The van der Waals surface area contributed by atoms with Crippen LogP contribution in [0.4, 0.5) is 5.69 Å². The normalized spacial score (nSPS) is 22.8. The van der Waals surface area contributed by atoms with E-state index in [1.54, 1.807) is 12.1 Å². The summed E-state index contributed by atoms with van der Waals surface area (Å²) in [5, 5.41) is 15.7. The molecule has 2 atom stereocenters. The first kappa shape index (κ1) is 12.7. The molecule has 1 aliphatic rings. The third-order valence-corrected chi connectivity index (χ3v) is 3.32. The van der Waals surface area contributed by atoms with Crippen molar-refractivity contribution in [2.24, 2.45) is 11.8 Å². The van der Waals surface area contributed by atoms with E-state index in [1.807, 2.05) is 6.92 Å². The number of phenols is 1. The lowest BCUT2D eigenvalue weighted by Crippen LogP contribution is -2.27. The van der Waals surface area contributed by atoms with E-state index in [9.17, 15) is 9.90 Å². The van der Waals surface area contributed by atoms with Gasteiger partial charge < -0.3 is 20.5 Å². The van der Waals surface area contributed by atoms with Gasteiger partial charge in [0.2, 0.25) is 5.91 Å². The molecule has 1 heterocycles. The quantitative estimate of drug-likeness (QED) is 0.705. The molecule has 1 aliphatic heterocycles. The molecule has 1 fully saturated rings. The van der Waals surface area contributed by atoms with E-state index in [2.05, 4.69) is 10.6 Å². The van der Waals surface area contributed by atoms with Crippen LogP contribution in [0.1, 0.15) is 6.92 Å². The molecule has 1 aromatic rings. The molecule has 1 aromatic carbocycles. The number of amides is 1. The zero-order valence-electron chi connectivity index (χ0n) is 10.6. The van der Waals surface area contributed by atoms with Crippen molar-refractivity contribution in [2.45, 2.75) is 6.92 Å². The minimum absolute atomic E-state index is 0.0151. The van der Waals surface area contributed by atoms with Crippen molar-refractivity contribution < 1.29 is 14.6 Å². The molecule has 0 spiro atoms. The maximum absolute atomic E-state index is 12.0. The molecule has 0 aliphatic carbocycles. The first-order valence-electron chi connectivity index (χ1n) is 6.00. The van der Waals surface area contributed by atoms with Crippen molar-refractivity contribution in [3.8, 4) is 11.5 Å². The number of rotatable bonds is 3. The molecular weight excluding hydrogens is 232 g/mol. The van der Waals surface area contributed by atoms with Crippen molar-refractivity contribution in [1.82, 2.24) is 5.32 Å². The minimum atomic E-state index is -0.0621. The zero-order valence-corrected chi connectivity index (χ0v) is 10.6. The smallest absolute Gasteiger partial charge is 0.229 e. The second-order valence-electron chi connectivity index (χ2n) is 4.61. The summed E-state index contributed by atoms with van der Waals surface area (Å²) in [6, 6.07) is 4.82. The van der Waals surface area contributed by atoms with Crippen LogP contribution in [-0.4, -0.2) is 31.2 Å². The van der Waals surface area contributed by atoms with E-state index in [4.69, 9.17) is 4.74 Å². The fourth-order valence-electron chi connectivity index (χ4n) is 2.13. The first-order valence-corrected chi connectivity index (χ1v) is 6.00. The summed E-state index contributed by atoms with van der Waals surface area (Å²) in [4.78, 5) is 12.0. The van der Waals surface area contributed by atoms with Crippen LogP contribution in [0.5, 0.6) is 11.5 Å². The lowest BCUT2D eigenvalue weighted by Gasteiger charge is -2.15. The minimum Gasteiger partial charge on any atom is -0.506 e. The third kappa shape index (κ3) is 2.56. The SMILES string of the molecule is COc1ccc(NC(=O)[C@@H]2CNC[C@H]2C)c(O)c1. The fraction of sp³-hybridized carbons (Fsp3) is 0.462. The Hall–Kier alpha value is -1.75. The Morgan fingerprint density at radius 3 is 2.83 bits per heavy atom. The number of carbonyl (C=O) groups is 1. The molecule has 0 aromatic heterocycles. The average Bonchev–Trinajstić information content (AvgIpc) is 2.78. The summed E-state index contributed by atoms with van der Waals surface area (Å²) in [5.41, 5.74) is 0.417. The van der Waals surface area contributed by atoms with Crippen LogP contribution in [0.3, 0.4) is 0 Å². The monoisotopic (exact) mass is 250 g/mol. The Bertz CT molecular complexity index is 448. The predicted molar refractivity (Wildman–Crippen MR) is 68.8 cm³/mol. The molecular formula is C13H18N2O3. The summed E-state index contributed by atoms with van der Waals surface area (Å²) in [6.45, 7) is 3.58. The number of aromatic hydroxyl groups is 1. The summed E-state index contributed by atoms with van der Waals surface area (Å²) in [6.07, 6.45) is 0.